The highest BCUT2D eigenvalue weighted by Gasteiger charge is 2.38. The van der Waals surface area contributed by atoms with Crippen LogP contribution in [0.5, 0.6) is 0 Å². The first-order valence-corrected chi connectivity index (χ1v) is 4.84. The normalized spacial score (nSPS) is 29.8. The fourth-order valence-corrected chi connectivity index (χ4v) is 1.82. The second kappa shape index (κ2) is 3.00. The molecule has 1 fully saturated rings. The minimum absolute atomic E-state index is 0.0893. The largest absolute Gasteiger partial charge is 0.388 e. The Balaban J connectivity index is 2.55. The monoisotopic (exact) mass is 171 g/mol. The summed E-state index contributed by atoms with van der Waals surface area (Å²) in [6, 6.07) is -0.0893. The summed E-state index contributed by atoms with van der Waals surface area (Å²) in [5, 5.41) is 10.1. The number of rotatable bonds is 1. The van der Waals surface area contributed by atoms with Gasteiger partial charge in [-0.2, -0.15) is 0 Å². The first-order chi connectivity index (χ1) is 5.36. The molecule has 0 aliphatic heterocycles. The third-order valence-corrected chi connectivity index (χ3v) is 3.32. The van der Waals surface area contributed by atoms with Gasteiger partial charge in [0.25, 0.3) is 0 Å². The number of aliphatic hydroxyl groups is 1. The molecule has 0 heterocycles. The molecule has 2 heteroatoms. The summed E-state index contributed by atoms with van der Waals surface area (Å²) >= 11 is 0. The van der Waals surface area contributed by atoms with Crippen LogP contribution in [0.25, 0.3) is 0 Å². The van der Waals surface area contributed by atoms with E-state index in [1.807, 2.05) is 6.92 Å². The van der Waals surface area contributed by atoms with Crippen LogP contribution >= 0.6 is 0 Å². The molecule has 0 spiro atoms. The van der Waals surface area contributed by atoms with E-state index in [9.17, 15) is 5.11 Å². The molecule has 72 valence electrons. The zero-order chi connectivity index (χ0) is 9.41. The summed E-state index contributed by atoms with van der Waals surface area (Å²) in [6.45, 7) is 6.42. The molecule has 2 nitrogen and oxygen atoms in total. The van der Waals surface area contributed by atoms with Gasteiger partial charge in [-0.3, -0.25) is 0 Å². The third kappa shape index (κ3) is 1.99. The van der Waals surface area contributed by atoms with Crippen LogP contribution in [0.2, 0.25) is 0 Å². The van der Waals surface area contributed by atoms with Crippen molar-refractivity contribution >= 4 is 0 Å². The molecule has 1 aliphatic carbocycles. The van der Waals surface area contributed by atoms with Crippen LogP contribution in [-0.2, 0) is 0 Å². The molecule has 0 radical (unpaired) electrons. The lowest BCUT2D eigenvalue weighted by atomic mass is 9.69. The summed E-state index contributed by atoms with van der Waals surface area (Å²) in [5.74, 6) is 0. The van der Waals surface area contributed by atoms with Gasteiger partial charge in [-0.05, 0) is 38.0 Å². The number of hydrogen-bond donors (Lipinski definition) is 2. The maximum atomic E-state index is 10.1. The molecule has 0 aromatic heterocycles. The van der Waals surface area contributed by atoms with Gasteiger partial charge >= 0.3 is 0 Å². The van der Waals surface area contributed by atoms with Crippen LogP contribution < -0.4 is 5.73 Å². The van der Waals surface area contributed by atoms with E-state index in [0.29, 0.717) is 5.41 Å². The molecule has 0 aromatic rings. The maximum Gasteiger partial charge on any atom is 0.0795 e. The predicted octanol–water partition coefficient (Wildman–Crippen LogP) is 1.66. The molecule has 1 unspecified atom stereocenters. The van der Waals surface area contributed by atoms with Gasteiger partial charge in [0.05, 0.1) is 5.60 Å². The Morgan fingerprint density at radius 1 is 1.17 bits per heavy atom. The van der Waals surface area contributed by atoms with Gasteiger partial charge in [0.1, 0.15) is 0 Å². The predicted molar refractivity (Wildman–Crippen MR) is 50.8 cm³/mol. The van der Waals surface area contributed by atoms with E-state index >= 15 is 0 Å². The van der Waals surface area contributed by atoms with Crippen molar-refractivity contribution in [2.45, 2.75) is 58.1 Å². The second-order valence-corrected chi connectivity index (χ2v) is 5.06. The summed E-state index contributed by atoms with van der Waals surface area (Å²) in [5.41, 5.74) is 5.56. The van der Waals surface area contributed by atoms with Crippen LogP contribution in [0.1, 0.15) is 46.5 Å². The molecule has 12 heavy (non-hydrogen) atoms. The first-order valence-electron chi connectivity index (χ1n) is 4.84. The minimum atomic E-state index is -0.588. The lowest BCUT2D eigenvalue weighted by Gasteiger charge is -2.42. The lowest BCUT2D eigenvalue weighted by Crippen LogP contribution is -2.49. The van der Waals surface area contributed by atoms with Gasteiger partial charge in [0, 0.05) is 6.04 Å². The second-order valence-electron chi connectivity index (χ2n) is 5.06. The van der Waals surface area contributed by atoms with Gasteiger partial charge in [-0.15, -0.1) is 0 Å². The third-order valence-electron chi connectivity index (χ3n) is 3.32. The van der Waals surface area contributed by atoms with E-state index in [1.165, 1.54) is 0 Å². The average Bonchev–Trinajstić information content (AvgIpc) is 1.96. The highest BCUT2D eigenvalue weighted by atomic mass is 16.3. The zero-order valence-electron chi connectivity index (χ0n) is 8.43. The van der Waals surface area contributed by atoms with Crippen LogP contribution in [0, 0.1) is 5.41 Å². The molecule has 0 saturated heterocycles. The Labute approximate surface area is 75.2 Å². The van der Waals surface area contributed by atoms with Gasteiger partial charge in [0.2, 0.25) is 0 Å². The van der Waals surface area contributed by atoms with E-state index in [2.05, 4.69) is 13.8 Å². The number of nitrogens with two attached hydrogens (primary N) is 1. The fraction of sp³-hybridized carbons (Fsp3) is 1.00. The molecule has 1 aliphatic rings. The Bertz CT molecular complexity index is 153. The van der Waals surface area contributed by atoms with E-state index in [1.54, 1.807) is 0 Å². The molecule has 0 aromatic carbocycles. The van der Waals surface area contributed by atoms with Crippen molar-refractivity contribution in [1.29, 1.82) is 0 Å². The SMILES string of the molecule is CC(N)C1(O)CCC(C)(C)CC1. The summed E-state index contributed by atoms with van der Waals surface area (Å²) in [4.78, 5) is 0. The fourth-order valence-electron chi connectivity index (χ4n) is 1.82. The van der Waals surface area contributed by atoms with Crippen LogP contribution in [0.3, 0.4) is 0 Å². The van der Waals surface area contributed by atoms with Crippen molar-refractivity contribution in [2.75, 3.05) is 0 Å². The average molecular weight is 171 g/mol. The van der Waals surface area contributed by atoms with E-state index in [4.69, 9.17) is 5.73 Å². The summed E-state index contributed by atoms with van der Waals surface area (Å²) < 4.78 is 0. The number of hydrogen-bond acceptors (Lipinski definition) is 2. The standard InChI is InChI=1S/C10H21NO/c1-8(11)10(12)6-4-9(2,3)5-7-10/h8,12H,4-7,11H2,1-3H3. The van der Waals surface area contributed by atoms with Crippen LogP contribution in [0.15, 0.2) is 0 Å². The Hall–Kier alpha value is -0.0800. The zero-order valence-corrected chi connectivity index (χ0v) is 8.43. The molecule has 1 rings (SSSR count). The quantitative estimate of drug-likeness (QED) is 0.630. The summed E-state index contributed by atoms with van der Waals surface area (Å²) in [6.07, 6.45) is 3.89. The molecule has 3 N–H and O–H groups in total. The Morgan fingerprint density at radius 3 is 1.92 bits per heavy atom. The minimum Gasteiger partial charge on any atom is -0.388 e. The molecular weight excluding hydrogens is 150 g/mol. The van der Waals surface area contributed by atoms with Gasteiger partial charge in [-0.25, -0.2) is 0 Å². The van der Waals surface area contributed by atoms with Crippen LogP contribution in [-0.4, -0.2) is 16.7 Å². The van der Waals surface area contributed by atoms with Crippen molar-refractivity contribution in [3.63, 3.8) is 0 Å². The van der Waals surface area contributed by atoms with Crippen molar-refractivity contribution < 1.29 is 5.11 Å². The lowest BCUT2D eigenvalue weighted by molar-refractivity contribution is -0.0410. The summed E-state index contributed by atoms with van der Waals surface area (Å²) in [7, 11) is 0. The molecule has 0 amide bonds. The van der Waals surface area contributed by atoms with Crippen molar-refractivity contribution in [2.24, 2.45) is 11.1 Å². The van der Waals surface area contributed by atoms with E-state index in [0.717, 1.165) is 25.7 Å². The van der Waals surface area contributed by atoms with Crippen molar-refractivity contribution in [3.05, 3.63) is 0 Å². The molecular formula is C10H21NO. The van der Waals surface area contributed by atoms with E-state index in [-0.39, 0.29) is 6.04 Å². The van der Waals surface area contributed by atoms with Crippen molar-refractivity contribution in [1.82, 2.24) is 0 Å². The van der Waals surface area contributed by atoms with Crippen LogP contribution in [0.4, 0.5) is 0 Å². The topological polar surface area (TPSA) is 46.2 Å². The highest BCUT2D eigenvalue weighted by molar-refractivity contribution is 4.93. The van der Waals surface area contributed by atoms with E-state index < -0.39 is 5.60 Å². The smallest absolute Gasteiger partial charge is 0.0795 e. The Morgan fingerprint density at radius 2 is 1.58 bits per heavy atom. The van der Waals surface area contributed by atoms with Crippen molar-refractivity contribution in [3.8, 4) is 0 Å². The van der Waals surface area contributed by atoms with Gasteiger partial charge < -0.3 is 10.8 Å². The molecule has 1 atom stereocenters. The van der Waals surface area contributed by atoms with Gasteiger partial charge in [-0.1, -0.05) is 13.8 Å². The molecule has 0 bridgehead atoms. The maximum absolute atomic E-state index is 10.1. The van der Waals surface area contributed by atoms with Gasteiger partial charge in [0.15, 0.2) is 0 Å². The first kappa shape index (κ1) is 10.0. The molecule has 1 saturated carbocycles. The Kier molecular flexibility index (Phi) is 2.50. The highest BCUT2D eigenvalue weighted by Crippen LogP contribution is 2.40.